The highest BCUT2D eigenvalue weighted by molar-refractivity contribution is 5.55. The van der Waals surface area contributed by atoms with Crippen LogP contribution in [0.2, 0.25) is 0 Å². The minimum absolute atomic E-state index is 0.0363. The van der Waals surface area contributed by atoms with Gasteiger partial charge >= 0.3 is 0 Å². The first-order valence-electron chi connectivity index (χ1n) is 9.03. The molecule has 0 amide bonds. The zero-order valence-electron chi connectivity index (χ0n) is 14.2. The first kappa shape index (κ1) is 16.0. The quantitative estimate of drug-likeness (QED) is 0.897. The van der Waals surface area contributed by atoms with Gasteiger partial charge in [-0.25, -0.2) is 4.98 Å². The first-order chi connectivity index (χ1) is 12.2. The molecule has 1 fully saturated rings. The Balaban J connectivity index is 1.67. The highest BCUT2D eigenvalue weighted by atomic mass is 16.3. The molecule has 5 nitrogen and oxygen atoms in total. The lowest BCUT2D eigenvalue weighted by Crippen LogP contribution is -2.36. The van der Waals surface area contributed by atoms with Gasteiger partial charge in [0.25, 0.3) is 0 Å². The number of aliphatic hydroxyl groups excluding tert-OH is 1. The third-order valence-corrected chi connectivity index (χ3v) is 5.34. The normalized spacial score (nSPS) is 23.0. The van der Waals surface area contributed by atoms with E-state index in [-0.39, 0.29) is 12.1 Å². The van der Waals surface area contributed by atoms with E-state index in [0.29, 0.717) is 17.3 Å². The fraction of sp³-hybridized carbons (Fsp3) is 0.450. The lowest BCUT2D eigenvalue weighted by molar-refractivity contribution is 0.0333. The Hall–Kier alpha value is -2.45. The number of nitrogens with one attached hydrogen (secondary N) is 1. The van der Waals surface area contributed by atoms with Crippen LogP contribution in [-0.4, -0.2) is 21.2 Å². The molecule has 2 aliphatic carbocycles. The standard InChI is InChI=1S/C20H22N4O/c21-12-15-9-13-5-1-2-6-17(13)23-20(15)24-19(14-10-16(25)11-14)18-7-3-4-8-22-18/h3-4,7-9,14,16,19,25H,1-2,5-6,10-11H2,(H,23,24)/t14?,16?,19-/m1/s1. The van der Waals surface area contributed by atoms with E-state index in [4.69, 9.17) is 4.98 Å². The number of hydrogen-bond acceptors (Lipinski definition) is 5. The van der Waals surface area contributed by atoms with Crippen LogP contribution in [0.25, 0.3) is 0 Å². The molecular formula is C20H22N4O. The minimum Gasteiger partial charge on any atom is -0.393 e. The fourth-order valence-corrected chi connectivity index (χ4v) is 3.87. The summed E-state index contributed by atoms with van der Waals surface area (Å²) < 4.78 is 0. The Morgan fingerprint density at radius 2 is 2.08 bits per heavy atom. The fourth-order valence-electron chi connectivity index (χ4n) is 3.87. The molecule has 25 heavy (non-hydrogen) atoms. The van der Waals surface area contributed by atoms with Crippen LogP contribution in [0.5, 0.6) is 0 Å². The zero-order valence-corrected chi connectivity index (χ0v) is 14.2. The van der Waals surface area contributed by atoms with Gasteiger partial charge in [0.1, 0.15) is 11.9 Å². The van der Waals surface area contributed by atoms with Crippen molar-refractivity contribution in [3.8, 4) is 6.07 Å². The van der Waals surface area contributed by atoms with Crippen molar-refractivity contribution in [2.24, 2.45) is 5.92 Å². The molecule has 2 aromatic rings. The van der Waals surface area contributed by atoms with Gasteiger partial charge in [-0.2, -0.15) is 5.26 Å². The third kappa shape index (κ3) is 3.22. The van der Waals surface area contributed by atoms with Crippen molar-refractivity contribution in [1.29, 1.82) is 5.26 Å². The van der Waals surface area contributed by atoms with Crippen LogP contribution >= 0.6 is 0 Å². The van der Waals surface area contributed by atoms with Crippen LogP contribution in [0.15, 0.2) is 30.5 Å². The second-order valence-electron chi connectivity index (χ2n) is 7.07. The molecule has 2 N–H and O–H groups in total. The summed E-state index contributed by atoms with van der Waals surface area (Å²) in [6, 6.07) is 10.1. The Morgan fingerprint density at radius 3 is 2.80 bits per heavy atom. The molecule has 2 aliphatic rings. The monoisotopic (exact) mass is 334 g/mol. The maximum atomic E-state index is 9.72. The molecule has 1 atom stereocenters. The Kier molecular flexibility index (Phi) is 4.37. The number of aliphatic hydroxyl groups is 1. The smallest absolute Gasteiger partial charge is 0.144 e. The molecule has 0 saturated heterocycles. The number of aromatic nitrogens is 2. The molecule has 4 rings (SSSR count). The summed E-state index contributed by atoms with van der Waals surface area (Å²) in [5.74, 6) is 0.953. The van der Waals surface area contributed by atoms with Crippen LogP contribution in [0.4, 0.5) is 5.82 Å². The van der Waals surface area contributed by atoms with Gasteiger partial charge in [0.05, 0.1) is 23.4 Å². The first-order valence-corrected chi connectivity index (χ1v) is 9.03. The maximum Gasteiger partial charge on any atom is 0.144 e. The van der Waals surface area contributed by atoms with E-state index in [9.17, 15) is 10.4 Å². The van der Waals surface area contributed by atoms with Gasteiger partial charge in [0, 0.05) is 11.9 Å². The predicted octanol–water partition coefficient (Wildman–Crippen LogP) is 3.15. The molecule has 0 aromatic carbocycles. The molecule has 0 bridgehead atoms. The van der Waals surface area contributed by atoms with Crippen LogP contribution in [0, 0.1) is 17.2 Å². The highest BCUT2D eigenvalue weighted by Crippen LogP contribution is 2.39. The van der Waals surface area contributed by atoms with Crippen LogP contribution in [0.3, 0.4) is 0 Å². The average Bonchev–Trinajstić information content (AvgIpc) is 2.64. The van der Waals surface area contributed by atoms with Crippen molar-refractivity contribution in [1.82, 2.24) is 9.97 Å². The Labute approximate surface area is 147 Å². The second kappa shape index (κ2) is 6.81. The molecule has 0 spiro atoms. The van der Waals surface area contributed by atoms with Gasteiger partial charge < -0.3 is 10.4 Å². The average molecular weight is 334 g/mol. The van der Waals surface area contributed by atoms with E-state index in [1.54, 1.807) is 6.20 Å². The van der Waals surface area contributed by atoms with E-state index < -0.39 is 0 Å². The summed E-state index contributed by atoms with van der Waals surface area (Å²) in [4.78, 5) is 9.28. The topological polar surface area (TPSA) is 81.8 Å². The Bertz CT molecular complexity index is 793. The van der Waals surface area contributed by atoms with Gasteiger partial charge in [-0.1, -0.05) is 6.07 Å². The van der Waals surface area contributed by atoms with Crippen LogP contribution in [0.1, 0.15) is 54.2 Å². The van der Waals surface area contributed by atoms with Gasteiger partial charge in [-0.05, 0) is 68.2 Å². The Morgan fingerprint density at radius 1 is 1.24 bits per heavy atom. The van der Waals surface area contributed by atoms with Crippen molar-refractivity contribution in [2.45, 2.75) is 50.7 Å². The molecule has 2 aromatic heterocycles. The lowest BCUT2D eigenvalue weighted by Gasteiger charge is -2.38. The summed E-state index contributed by atoms with van der Waals surface area (Å²) in [5.41, 5.74) is 3.85. The molecule has 0 aliphatic heterocycles. The van der Waals surface area contributed by atoms with Crippen LogP contribution < -0.4 is 5.32 Å². The number of hydrogen-bond donors (Lipinski definition) is 2. The number of rotatable bonds is 4. The summed E-state index contributed by atoms with van der Waals surface area (Å²) in [6.45, 7) is 0. The number of anilines is 1. The van der Waals surface area contributed by atoms with Gasteiger partial charge in [0.15, 0.2) is 0 Å². The SMILES string of the molecule is N#Cc1cc2c(nc1N[C@@H](c1ccccn1)C1CC(O)C1)CCCC2. The van der Waals surface area contributed by atoms with Crippen molar-refractivity contribution >= 4 is 5.82 Å². The summed E-state index contributed by atoms with van der Waals surface area (Å²) >= 11 is 0. The predicted molar refractivity (Wildman–Crippen MR) is 94.9 cm³/mol. The molecule has 0 radical (unpaired) electrons. The van der Waals surface area contributed by atoms with Gasteiger partial charge in [-0.15, -0.1) is 0 Å². The van der Waals surface area contributed by atoms with Crippen LogP contribution in [-0.2, 0) is 12.8 Å². The van der Waals surface area contributed by atoms with E-state index >= 15 is 0 Å². The third-order valence-electron chi connectivity index (χ3n) is 5.34. The van der Waals surface area contributed by atoms with Crippen molar-refractivity contribution in [3.05, 3.63) is 53.0 Å². The maximum absolute atomic E-state index is 9.72. The number of nitrogens with zero attached hydrogens (tertiary/aromatic N) is 3. The highest BCUT2D eigenvalue weighted by Gasteiger charge is 2.36. The molecule has 1 saturated carbocycles. The lowest BCUT2D eigenvalue weighted by atomic mass is 9.76. The molecular weight excluding hydrogens is 312 g/mol. The van der Waals surface area contributed by atoms with Gasteiger partial charge in [-0.3, -0.25) is 4.98 Å². The van der Waals surface area contributed by atoms with E-state index in [0.717, 1.165) is 43.5 Å². The van der Waals surface area contributed by atoms with Crippen molar-refractivity contribution < 1.29 is 5.11 Å². The second-order valence-corrected chi connectivity index (χ2v) is 7.07. The minimum atomic E-state index is -0.232. The number of nitriles is 1. The summed E-state index contributed by atoms with van der Waals surface area (Å²) in [7, 11) is 0. The summed E-state index contributed by atoms with van der Waals surface area (Å²) in [6.07, 6.45) is 7.37. The number of fused-ring (bicyclic) bond motifs is 1. The van der Waals surface area contributed by atoms with E-state index in [2.05, 4.69) is 16.4 Å². The van der Waals surface area contributed by atoms with Gasteiger partial charge in [0.2, 0.25) is 0 Å². The molecule has 2 heterocycles. The summed E-state index contributed by atoms with van der Waals surface area (Å²) in [5, 5.41) is 22.8. The molecule has 0 unspecified atom stereocenters. The largest absolute Gasteiger partial charge is 0.393 e. The number of aryl methyl sites for hydroxylation is 2. The molecule has 5 heteroatoms. The zero-order chi connectivity index (χ0) is 17.2. The van der Waals surface area contributed by atoms with Crippen molar-refractivity contribution in [2.75, 3.05) is 5.32 Å². The van der Waals surface area contributed by atoms with E-state index in [1.807, 2.05) is 24.3 Å². The van der Waals surface area contributed by atoms with E-state index in [1.165, 1.54) is 12.0 Å². The molecule has 128 valence electrons. The van der Waals surface area contributed by atoms with Crippen molar-refractivity contribution in [3.63, 3.8) is 0 Å². The number of pyridine rings is 2.